The van der Waals surface area contributed by atoms with E-state index >= 15 is 0 Å². The van der Waals surface area contributed by atoms with E-state index in [-0.39, 0.29) is 34.6 Å². The standard InChI is InChI=1S/C26H28FN3O5S/c1-26(2,3)35-25(34)29-18-7-5-4-6-17(18)24(33)28-12-19(31)22-23(32)21(20-13-30(22)14-36-20)15-8-10-16(27)11-9-15/h4-11,20-22H,12-14H2,1-3H3,(H,28,33)(H,29,34). The van der Waals surface area contributed by atoms with Gasteiger partial charge in [0.05, 0.1) is 23.7 Å². The second-order valence-electron chi connectivity index (χ2n) is 9.76. The molecule has 4 rings (SSSR count). The van der Waals surface area contributed by atoms with Crippen LogP contribution in [0, 0.1) is 5.82 Å². The summed E-state index contributed by atoms with van der Waals surface area (Å²) < 4.78 is 18.7. The number of carbonyl (C=O) groups is 4. The molecule has 36 heavy (non-hydrogen) atoms. The number of ether oxygens (including phenoxy) is 1. The quantitative estimate of drug-likeness (QED) is 0.569. The van der Waals surface area contributed by atoms with Gasteiger partial charge < -0.3 is 10.1 Å². The lowest BCUT2D eigenvalue weighted by atomic mass is 9.82. The number of Topliss-reactive ketones (excluding diaryl/α,β-unsaturated/α-hetero) is 2. The van der Waals surface area contributed by atoms with Crippen LogP contribution in [-0.2, 0) is 14.3 Å². The molecule has 2 fully saturated rings. The summed E-state index contributed by atoms with van der Waals surface area (Å²) in [6.07, 6.45) is -0.709. The third kappa shape index (κ3) is 5.76. The smallest absolute Gasteiger partial charge is 0.412 e. The molecule has 2 aromatic rings. The molecule has 2 aromatic carbocycles. The van der Waals surface area contributed by atoms with Gasteiger partial charge in [0.1, 0.15) is 17.5 Å². The number of anilines is 1. The highest BCUT2D eigenvalue weighted by Gasteiger charge is 2.50. The maximum absolute atomic E-state index is 13.4. The van der Waals surface area contributed by atoms with Crippen LogP contribution in [-0.4, -0.2) is 64.3 Å². The molecular formula is C26H28FN3O5S. The highest BCUT2D eigenvalue weighted by molar-refractivity contribution is 8.00. The third-order valence-corrected chi connectivity index (χ3v) is 7.28. The minimum atomic E-state index is -0.985. The summed E-state index contributed by atoms with van der Waals surface area (Å²) >= 11 is 1.60. The molecule has 0 saturated carbocycles. The summed E-state index contributed by atoms with van der Waals surface area (Å²) in [4.78, 5) is 53.4. The van der Waals surface area contributed by atoms with Crippen LogP contribution in [0.15, 0.2) is 48.5 Å². The van der Waals surface area contributed by atoms with Crippen LogP contribution in [0.5, 0.6) is 0 Å². The lowest BCUT2D eigenvalue weighted by molar-refractivity contribution is -0.136. The first-order chi connectivity index (χ1) is 17.0. The molecule has 2 saturated heterocycles. The van der Waals surface area contributed by atoms with Crippen molar-refractivity contribution in [1.82, 2.24) is 10.2 Å². The number of nitrogens with zero attached hydrogens (tertiary/aromatic N) is 1. The van der Waals surface area contributed by atoms with E-state index in [0.29, 0.717) is 18.0 Å². The number of ketones is 2. The van der Waals surface area contributed by atoms with E-state index < -0.39 is 35.3 Å². The highest BCUT2D eigenvalue weighted by Crippen LogP contribution is 2.42. The fourth-order valence-corrected chi connectivity index (χ4v) is 5.84. The minimum Gasteiger partial charge on any atom is -0.444 e. The lowest BCUT2D eigenvalue weighted by Crippen LogP contribution is -2.55. The van der Waals surface area contributed by atoms with E-state index in [1.54, 1.807) is 62.9 Å². The number of hydrogen-bond donors (Lipinski definition) is 2. The Morgan fingerprint density at radius 1 is 1.11 bits per heavy atom. The first-order valence-electron chi connectivity index (χ1n) is 11.6. The Hall–Kier alpha value is -3.24. The molecule has 4 unspecified atom stereocenters. The van der Waals surface area contributed by atoms with Crippen LogP contribution in [0.4, 0.5) is 14.9 Å². The number of hydrogen-bond acceptors (Lipinski definition) is 7. The molecule has 2 N–H and O–H groups in total. The van der Waals surface area contributed by atoms with E-state index in [9.17, 15) is 23.6 Å². The lowest BCUT2D eigenvalue weighted by Gasteiger charge is -2.34. The first-order valence-corrected chi connectivity index (χ1v) is 12.6. The minimum absolute atomic E-state index is 0.00703. The molecule has 2 amide bonds. The second-order valence-corrected chi connectivity index (χ2v) is 11.0. The molecule has 2 heterocycles. The van der Waals surface area contributed by atoms with Gasteiger partial charge in [-0.15, -0.1) is 11.8 Å². The molecule has 2 bridgehead atoms. The van der Waals surface area contributed by atoms with Gasteiger partial charge in [-0.1, -0.05) is 24.3 Å². The number of amides is 2. The number of para-hydroxylation sites is 1. The van der Waals surface area contributed by atoms with Crippen LogP contribution in [0.2, 0.25) is 0 Å². The average molecular weight is 514 g/mol. The SMILES string of the molecule is CC(C)(C)OC(=O)Nc1ccccc1C(=O)NCC(=O)C1C(=O)C(c2ccc(F)cc2)C2CN1CS2. The van der Waals surface area contributed by atoms with Gasteiger partial charge in [0.2, 0.25) is 0 Å². The average Bonchev–Trinajstić information content (AvgIpc) is 3.22. The first kappa shape index (κ1) is 25.8. The zero-order valence-electron chi connectivity index (χ0n) is 20.2. The number of nitrogens with one attached hydrogen (secondary N) is 2. The van der Waals surface area contributed by atoms with Crippen molar-refractivity contribution < 1.29 is 28.3 Å². The second kappa shape index (κ2) is 10.4. The summed E-state index contributed by atoms with van der Waals surface area (Å²) in [5.74, 6) is -1.60. The van der Waals surface area contributed by atoms with Crippen molar-refractivity contribution in [1.29, 1.82) is 0 Å². The third-order valence-electron chi connectivity index (χ3n) is 5.95. The topological polar surface area (TPSA) is 105 Å². The molecule has 0 radical (unpaired) electrons. The number of thioether (sulfide) groups is 1. The van der Waals surface area contributed by atoms with Gasteiger partial charge in [0.15, 0.2) is 11.6 Å². The fraction of sp³-hybridized carbons (Fsp3) is 0.385. The highest BCUT2D eigenvalue weighted by atomic mass is 32.2. The normalized spacial score (nSPS) is 23.2. The molecular weight excluding hydrogens is 485 g/mol. The summed E-state index contributed by atoms with van der Waals surface area (Å²) in [7, 11) is 0. The Bertz CT molecular complexity index is 1180. The van der Waals surface area contributed by atoms with Crippen LogP contribution in [0.1, 0.15) is 42.6 Å². The fourth-order valence-electron chi connectivity index (χ4n) is 4.42. The van der Waals surface area contributed by atoms with Crippen molar-refractivity contribution in [3.8, 4) is 0 Å². The molecule has 2 aliphatic rings. The van der Waals surface area contributed by atoms with Crippen molar-refractivity contribution in [3.05, 3.63) is 65.5 Å². The largest absolute Gasteiger partial charge is 0.444 e. The number of carbonyl (C=O) groups excluding carboxylic acids is 4. The molecule has 190 valence electrons. The van der Waals surface area contributed by atoms with Gasteiger partial charge in [-0.2, -0.15) is 0 Å². The van der Waals surface area contributed by atoms with Crippen LogP contribution >= 0.6 is 11.8 Å². The van der Waals surface area contributed by atoms with Gasteiger partial charge in [-0.05, 0) is 50.6 Å². The van der Waals surface area contributed by atoms with Gasteiger partial charge in [0, 0.05) is 17.7 Å². The van der Waals surface area contributed by atoms with E-state index in [1.807, 2.05) is 4.90 Å². The maximum Gasteiger partial charge on any atom is 0.412 e. The molecule has 0 aliphatic carbocycles. The zero-order chi connectivity index (χ0) is 26.0. The van der Waals surface area contributed by atoms with Gasteiger partial charge in [0.25, 0.3) is 5.91 Å². The van der Waals surface area contributed by atoms with Crippen LogP contribution in [0.25, 0.3) is 0 Å². The number of rotatable bonds is 6. The zero-order valence-corrected chi connectivity index (χ0v) is 21.1. The Morgan fingerprint density at radius 2 is 1.81 bits per heavy atom. The molecule has 8 nitrogen and oxygen atoms in total. The van der Waals surface area contributed by atoms with Gasteiger partial charge in [-0.3, -0.25) is 24.6 Å². The number of halogens is 1. The van der Waals surface area contributed by atoms with Crippen LogP contribution < -0.4 is 10.6 Å². The van der Waals surface area contributed by atoms with Crippen molar-refractivity contribution >= 4 is 41.0 Å². The van der Waals surface area contributed by atoms with Crippen LogP contribution in [0.3, 0.4) is 0 Å². The van der Waals surface area contributed by atoms with E-state index in [0.717, 1.165) is 0 Å². The van der Waals surface area contributed by atoms with Crippen molar-refractivity contribution in [2.24, 2.45) is 0 Å². The molecule has 0 aromatic heterocycles. The Labute approximate surface area is 212 Å². The predicted molar refractivity (Wildman–Crippen MR) is 135 cm³/mol. The summed E-state index contributed by atoms with van der Waals surface area (Å²) in [5.41, 5.74) is 0.371. The van der Waals surface area contributed by atoms with E-state index in [1.165, 1.54) is 18.2 Å². The number of benzene rings is 2. The van der Waals surface area contributed by atoms with Gasteiger partial charge >= 0.3 is 6.09 Å². The summed E-state index contributed by atoms with van der Waals surface area (Å²) in [6, 6.07) is 11.2. The number of fused-ring (bicyclic) bond motifs is 2. The molecule has 2 aliphatic heterocycles. The Balaban J connectivity index is 1.43. The summed E-state index contributed by atoms with van der Waals surface area (Å²) in [6.45, 7) is 5.39. The monoisotopic (exact) mass is 513 g/mol. The predicted octanol–water partition coefficient (Wildman–Crippen LogP) is 3.58. The molecule has 10 heteroatoms. The molecule has 0 spiro atoms. The number of piperidine rings is 1. The van der Waals surface area contributed by atoms with E-state index in [2.05, 4.69) is 10.6 Å². The Morgan fingerprint density at radius 3 is 2.50 bits per heavy atom. The Kier molecular flexibility index (Phi) is 7.46. The van der Waals surface area contributed by atoms with Gasteiger partial charge in [-0.25, -0.2) is 9.18 Å². The van der Waals surface area contributed by atoms with E-state index in [4.69, 9.17) is 4.74 Å². The maximum atomic E-state index is 13.4. The molecule has 4 atom stereocenters. The van der Waals surface area contributed by atoms with Crippen molar-refractivity contribution in [2.45, 2.75) is 43.6 Å². The van der Waals surface area contributed by atoms with Crippen molar-refractivity contribution in [2.75, 3.05) is 24.3 Å². The summed E-state index contributed by atoms with van der Waals surface area (Å²) in [5, 5.41) is 5.13. The van der Waals surface area contributed by atoms with Crippen molar-refractivity contribution in [3.63, 3.8) is 0 Å².